The first-order chi connectivity index (χ1) is 12.2. The van der Waals surface area contributed by atoms with Crippen molar-refractivity contribution in [3.63, 3.8) is 0 Å². The summed E-state index contributed by atoms with van der Waals surface area (Å²) in [6.45, 7) is 0.134. The van der Waals surface area contributed by atoms with Crippen LogP contribution in [0.4, 0.5) is 0 Å². The lowest BCUT2D eigenvalue weighted by atomic mass is 10.2. The van der Waals surface area contributed by atoms with Gasteiger partial charge in [0.1, 0.15) is 6.10 Å². The molecule has 1 saturated carbocycles. The lowest BCUT2D eigenvalue weighted by Crippen LogP contribution is -2.35. The first-order valence-electron chi connectivity index (χ1n) is 8.55. The summed E-state index contributed by atoms with van der Waals surface area (Å²) < 4.78 is 7.20. The molecule has 25 heavy (non-hydrogen) atoms. The fourth-order valence-electron chi connectivity index (χ4n) is 3.33. The summed E-state index contributed by atoms with van der Waals surface area (Å²) in [5.74, 6) is 0.508. The van der Waals surface area contributed by atoms with Gasteiger partial charge in [0.15, 0.2) is 0 Å². The molecule has 6 heteroatoms. The van der Waals surface area contributed by atoms with E-state index in [0.717, 1.165) is 31.2 Å². The summed E-state index contributed by atoms with van der Waals surface area (Å²) in [4.78, 5) is 32.1. The Labute approximate surface area is 144 Å². The van der Waals surface area contributed by atoms with Crippen molar-refractivity contribution in [1.29, 1.82) is 0 Å². The van der Waals surface area contributed by atoms with Crippen LogP contribution in [0.5, 0.6) is 5.88 Å². The lowest BCUT2D eigenvalue weighted by molar-refractivity contribution is 0.199. The molecule has 128 valence electrons. The van der Waals surface area contributed by atoms with Crippen molar-refractivity contribution in [3.8, 4) is 5.88 Å². The minimum atomic E-state index is -0.431. The molecule has 0 radical (unpaired) electrons. The third kappa shape index (κ3) is 3.07. The number of pyridine rings is 1. The molecule has 1 N–H and O–H groups in total. The highest BCUT2D eigenvalue weighted by molar-refractivity contribution is 5.76. The molecule has 0 saturated heterocycles. The van der Waals surface area contributed by atoms with Gasteiger partial charge in [0.25, 0.3) is 5.56 Å². The molecule has 0 amide bonds. The fourth-order valence-corrected chi connectivity index (χ4v) is 3.33. The number of nitrogens with zero attached hydrogens (tertiary/aromatic N) is 2. The molecule has 1 fully saturated rings. The first kappa shape index (κ1) is 15.6. The Kier molecular flexibility index (Phi) is 4.09. The number of benzene rings is 1. The predicted molar refractivity (Wildman–Crippen MR) is 95.1 cm³/mol. The first-order valence-corrected chi connectivity index (χ1v) is 8.55. The highest BCUT2D eigenvalue weighted by Crippen LogP contribution is 2.25. The van der Waals surface area contributed by atoms with Gasteiger partial charge in [-0.25, -0.2) is 9.78 Å². The standard InChI is InChI=1S/C19H19N3O3/c23-18-15-9-3-4-10-16(15)21-19(24)22(18)12-13-6-5-11-20-17(13)25-14-7-1-2-8-14/h3-6,9-11,14H,1-2,7-8,12H2,(H,21,24). The summed E-state index contributed by atoms with van der Waals surface area (Å²) in [6.07, 6.45) is 6.20. The normalized spacial score (nSPS) is 14.9. The molecule has 1 aliphatic carbocycles. The summed E-state index contributed by atoms with van der Waals surface area (Å²) in [6, 6.07) is 10.6. The van der Waals surface area contributed by atoms with E-state index in [2.05, 4.69) is 9.97 Å². The van der Waals surface area contributed by atoms with Crippen molar-refractivity contribution >= 4 is 10.9 Å². The van der Waals surface area contributed by atoms with E-state index < -0.39 is 5.69 Å². The number of hydrogen-bond donors (Lipinski definition) is 1. The zero-order valence-electron chi connectivity index (χ0n) is 13.8. The molecular weight excluding hydrogens is 318 g/mol. The molecule has 0 unspecified atom stereocenters. The van der Waals surface area contributed by atoms with Crippen molar-refractivity contribution in [3.05, 3.63) is 69.0 Å². The van der Waals surface area contributed by atoms with Crippen LogP contribution >= 0.6 is 0 Å². The van der Waals surface area contributed by atoms with Crippen LogP contribution in [0.15, 0.2) is 52.2 Å². The maximum atomic E-state index is 12.7. The molecule has 0 atom stereocenters. The van der Waals surface area contributed by atoms with E-state index >= 15 is 0 Å². The van der Waals surface area contributed by atoms with Gasteiger partial charge >= 0.3 is 5.69 Å². The third-order valence-electron chi connectivity index (χ3n) is 4.65. The van der Waals surface area contributed by atoms with Gasteiger partial charge in [0.2, 0.25) is 5.88 Å². The van der Waals surface area contributed by atoms with Gasteiger partial charge < -0.3 is 9.72 Å². The molecule has 1 aromatic carbocycles. The monoisotopic (exact) mass is 337 g/mol. The van der Waals surface area contributed by atoms with Gasteiger partial charge in [-0.3, -0.25) is 9.36 Å². The molecule has 2 heterocycles. The molecule has 0 bridgehead atoms. The largest absolute Gasteiger partial charge is 0.474 e. The Balaban J connectivity index is 1.72. The van der Waals surface area contributed by atoms with Gasteiger partial charge in [0, 0.05) is 11.8 Å². The van der Waals surface area contributed by atoms with Crippen LogP contribution in [0.25, 0.3) is 10.9 Å². The van der Waals surface area contributed by atoms with Crippen molar-refractivity contribution in [2.75, 3.05) is 0 Å². The summed E-state index contributed by atoms with van der Waals surface area (Å²) >= 11 is 0. The summed E-state index contributed by atoms with van der Waals surface area (Å²) in [7, 11) is 0. The third-order valence-corrected chi connectivity index (χ3v) is 4.65. The van der Waals surface area contributed by atoms with E-state index in [1.54, 1.807) is 36.5 Å². The number of H-pyrrole nitrogens is 1. The Morgan fingerprint density at radius 2 is 1.92 bits per heavy atom. The molecule has 1 aliphatic rings. The number of aromatic nitrogens is 3. The van der Waals surface area contributed by atoms with Crippen molar-refractivity contribution in [2.24, 2.45) is 0 Å². The maximum Gasteiger partial charge on any atom is 0.329 e. The number of ether oxygens (including phenoxy) is 1. The van der Waals surface area contributed by atoms with Crippen molar-refractivity contribution < 1.29 is 4.74 Å². The quantitative estimate of drug-likeness (QED) is 0.793. The number of aromatic amines is 1. The smallest absolute Gasteiger partial charge is 0.329 e. The molecule has 0 spiro atoms. The van der Waals surface area contributed by atoms with Gasteiger partial charge in [-0.05, 0) is 43.9 Å². The van der Waals surface area contributed by atoms with Crippen molar-refractivity contribution in [1.82, 2.24) is 14.5 Å². The SMILES string of the molecule is O=c1[nH]c2ccccc2c(=O)n1Cc1cccnc1OC1CCCC1. The Hall–Kier alpha value is -2.89. The molecule has 3 aromatic rings. The van der Waals surface area contributed by atoms with E-state index in [9.17, 15) is 9.59 Å². The van der Waals surface area contributed by atoms with Crippen LogP contribution in [0.2, 0.25) is 0 Å². The maximum absolute atomic E-state index is 12.7. The number of hydrogen-bond acceptors (Lipinski definition) is 4. The average Bonchev–Trinajstić information content (AvgIpc) is 3.13. The highest BCUT2D eigenvalue weighted by Gasteiger charge is 2.19. The summed E-state index contributed by atoms with van der Waals surface area (Å²) in [5, 5.41) is 0.490. The highest BCUT2D eigenvalue weighted by atomic mass is 16.5. The topological polar surface area (TPSA) is 77.0 Å². The molecular formula is C19H19N3O3. The van der Waals surface area contributed by atoms with Crippen LogP contribution < -0.4 is 16.0 Å². The van der Waals surface area contributed by atoms with Crippen LogP contribution in [0.1, 0.15) is 31.2 Å². The average molecular weight is 337 g/mol. The Morgan fingerprint density at radius 1 is 1.12 bits per heavy atom. The predicted octanol–water partition coefficient (Wildman–Crippen LogP) is 2.45. The van der Waals surface area contributed by atoms with E-state index in [1.807, 2.05) is 6.07 Å². The minimum absolute atomic E-state index is 0.134. The molecule has 0 aliphatic heterocycles. The van der Waals surface area contributed by atoms with Gasteiger partial charge in [-0.15, -0.1) is 0 Å². The Morgan fingerprint density at radius 3 is 2.76 bits per heavy atom. The second kappa shape index (κ2) is 6.55. The zero-order valence-corrected chi connectivity index (χ0v) is 13.8. The van der Waals surface area contributed by atoms with Crippen LogP contribution in [-0.4, -0.2) is 20.6 Å². The zero-order chi connectivity index (χ0) is 17.2. The van der Waals surface area contributed by atoms with Gasteiger partial charge in [-0.2, -0.15) is 0 Å². The molecule has 2 aromatic heterocycles. The fraction of sp³-hybridized carbons (Fsp3) is 0.316. The van der Waals surface area contributed by atoms with E-state index in [1.165, 1.54) is 4.57 Å². The second-order valence-electron chi connectivity index (χ2n) is 6.36. The number of nitrogens with one attached hydrogen (secondary N) is 1. The number of para-hydroxylation sites is 1. The van der Waals surface area contributed by atoms with Crippen LogP contribution in [0.3, 0.4) is 0 Å². The van der Waals surface area contributed by atoms with Crippen molar-refractivity contribution in [2.45, 2.75) is 38.3 Å². The summed E-state index contributed by atoms with van der Waals surface area (Å²) in [5.41, 5.74) is 0.536. The van der Waals surface area contributed by atoms with Crippen LogP contribution in [0, 0.1) is 0 Å². The lowest BCUT2D eigenvalue weighted by Gasteiger charge is -2.15. The Bertz CT molecular complexity index is 1020. The number of fused-ring (bicyclic) bond motifs is 1. The van der Waals surface area contributed by atoms with E-state index in [4.69, 9.17) is 4.74 Å². The van der Waals surface area contributed by atoms with E-state index in [-0.39, 0.29) is 18.2 Å². The van der Waals surface area contributed by atoms with Crippen LogP contribution in [-0.2, 0) is 6.54 Å². The van der Waals surface area contributed by atoms with Gasteiger partial charge in [0.05, 0.1) is 17.4 Å². The number of rotatable bonds is 4. The molecule has 4 rings (SSSR count). The molecule has 6 nitrogen and oxygen atoms in total. The second-order valence-corrected chi connectivity index (χ2v) is 6.36. The van der Waals surface area contributed by atoms with E-state index in [0.29, 0.717) is 16.8 Å². The minimum Gasteiger partial charge on any atom is -0.474 e. The van der Waals surface area contributed by atoms with Gasteiger partial charge in [-0.1, -0.05) is 18.2 Å².